The van der Waals surface area contributed by atoms with Gasteiger partial charge in [-0.15, -0.1) is 11.3 Å². The van der Waals surface area contributed by atoms with Crippen LogP contribution >= 0.6 is 11.3 Å². The first-order valence-electron chi connectivity index (χ1n) is 10.4. The Morgan fingerprint density at radius 1 is 0.938 bits per heavy atom. The van der Waals surface area contributed by atoms with E-state index in [2.05, 4.69) is 6.07 Å². The third-order valence-electron chi connectivity index (χ3n) is 5.58. The summed E-state index contributed by atoms with van der Waals surface area (Å²) >= 11 is 1.66. The molecule has 32 heavy (non-hydrogen) atoms. The molecule has 1 atom stereocenters. The van der Waals surface area contributed by atoms with Crippen LogP contribution in [0.2, 0.25) is 0 Å². The molecule has 1 saturated heterocycles. The maximum Gasteiger partial charge on any atom is 0.254 e. The Kier molecular flexibility index (Phi) is 5.33. The summed E-state index contributed by atoms with van der Waals surface area (Å²) in [6, 6.07) is 21.8. The molecule has 2 amide bonds. The SMILES string of the molecule is NC(=O)c1ccc(Oc2ccc(C(=O)N3CCCC3c3nc4ccccc4s3)cc2)cc1. The van der Waals surface area contributed by atoms with E-state index in [-0.39, 0.29) is 11.9 Å². The molecule has 0 saturated carbocycles. The highest BCUT2D eigenvalue weighted by Gasteiger charge is 2.32. The lowest BCUT2D eigenvalue weighted by Gasteiger charge is -2.23. The van der Waals surface area contributed by atoms with Crippen molar-refractivity contribution in [1.29, 1.82) is 0 Å². The second-order valence-electron chi connectivity index (χ2n) is 7.69. The minimum Gasteiger partial charge on any atom is -0.457 e. The number of para-hydroxylation sites is 1. The Hall–Kier alpha value is -3.71. The summed E-state index contributed by atoms with van der Waals surface area (Å²) < 4.78 is 6.96. The summed E-state index contributed by atoms with van der Waals surface area (Å²) in [5.41, 5.74) is 7.29. The average molecular weight is 444 g/mol. The molecule has 1 aliphatic heterocycles. The maximum absolute atomic E-state index is 13.2. The van der Waals surface area contributed by atoms with Crippen molar-refractivity contribution in [2.75, 3.05) is 6.54 Å². The van der Waals surface area contributed by atoms with E-state index in [9.17, 15) is 9.59 Å². The van der Waals surface area contributed by atoms with Crippen molar-refractivity contribution in [3.05, 3.63) is 88.9 Å². The normalized spacial score (nSPS) is 15.8. The number of aromatic nitrogens is 1. The topological polar surface area (TPSA) is 85.5 Å². The molecular formula is C25H21N3O3S. The first-order chi connectivity index (χ1) is 15.6. The number of hydrogen-bond donors (Lipinski definition) is 1. The van der Waals surface area contributed by atoms with Crippen molar-refractivity contribution in [3.63, 3.8) is 0 Å². The van der Waals surface area contributed by atoms with Gasteiger partial charge in [-0.2, -0.15) is 0 Å². The Balaban J connectivity index is 1.31. The molecule has 1 aliphatic rings. The molecule has 0 bridgehead atoms. The van der Waals surface area contributed by atoms with Crippen molar-refractivity contribution in [3.8, 4) is 11.5 Å². The lowest BCUT2D eigenvalue weighted by atomic mass is 10.1. The van der Waals surface area contributed by atoms with Crippen LogP contribution in [-0.4, -0.2) is 28.2 Å². The van der Waals surface area contributed by atoms with Crippen LogP contribution in [0.4, 0.5) is 0 Å². The lowest BCUT2D eigenvalue weighted by Crippen LogP contribution is -2.30. The number of nitrogens with two attached hydrogens (primary N) is 1. The average Bonchev–Trinajstić information content (AvgIpc) is 3.46. The minimum atomic E-state index is -0.481. The predicted octanol–water partition coefficient (Wildman–Crippen LogP) is 5.16. The molecule has 2 heterocycles. The predicted molar refractivity (Wildman–Crippen MR) is 124 cm³/mol. The van der Waals surface area contributed by atoms with Crippen LogP contribution in [0.1, 0.15) is 44.6 Å². The van der Waals surface area contributed by atoms with E-state index in [1.54, 1.807) is 59.9 Å². The van der Waals surface area contributed by atoms with Gasteiger partial charge in [0.1, 0.15) is 16.5 Å². The summed E-state index contributed by atoms with van der Waals surface area (Å²) in [6.45, 7) is 0.726. The molecule has 6 nitrogen and oxygen atoms in total. The number of ether oxygens (including phenoxy) is 1. The zero-order valence-corrected chi connectivity index (χ0v) is 18.0. The van der Waals surface area contributed by atoms with Crippen molar-refractivity contribution in [2.45, 2.75) is 18.9 Å². The van der Waals surface area contributed by atoms with Gasteiger partial charge in [0.2, 0.25) is 5.91 Å². The van der Waals surface area contributed by atoms with E-state index in [1.165, 1.54) is 0 Å². The lowest BCUT2D eigenvalue weighted by molar-refractivity contribution is 0.0735. The highest BCUT2D eigenvalue weighted by atomic mass is 32.1. The van der Waals surface area contributed by atoms with E-state index in [4.69, 9.17) is 15.5 Å². The minimum absolute atomic E-state index is 0.00381. The molecule has 0 spiro atoms. The summed E-state index contributed by atoms with van der Waals surface area (Å²) in [5, 5.41) is 0.997. The van der Waals surface area contributed by atoms with Gasteiger partial charge < -0.3 is 15.4 Å². The Bertz CT molecular complexity index is 1250. The molecule has 7 heteroatoms. The van der Waals surface area contributed by atoms with Gasteiger partial charge in [-0.05, 0) is 73.5 Å². The number of benzene rings is 3. The Morgan fingerprint density at radius 3 is 2.25 bits per heavy atom. The highest BCUT2D eigenvalue weighted by molar-refractivity contribution is 7.18. The van der Waals surface area contributed by atoms with E-state index in [1.807, 2.05) is 23.1 Å². The number of nitrogens with zero attached hydrogens (tertiary/aromatic N) is 2. The quantitative estimate of drug-likeness (QED) is 0.461. The molecule has 160 valence electrons. The Morgan fingerprint density at radius 2 is 1.59 bits per heavy atom. The van der Waals surface area contributed by atoms with Gasteiger partial charge in [-0.3, -0.25) is 9.59 Å². The second-order valence-corrected chi connectivity index (χ2v) is 8.75. The number of carbonyl (C=O) groups excluding carboxylic acids is 2. The molecule has 3 aromatic carbocycles. The molecule has 4 aromatic rings. The molecule has 0 aliphatic carbocycles. The zero-order valence-electron chi connectivity index (χ0n) is 17.2. The molecule has 1 unspecified atom stereocenters. The largest absolute Gasteiger partial charge is 0.457 e. The van der Waals surface area contributed by atoms with Gasteiger partial charge in [-0.1, -0.05) is 12.1 Å². The van der Waals surface area contributed by atoms with Crippen LogP contribution in [0.25, 0.3) is 10.2 Å². The molecule has 1 fully saturated rings. The molecule has 5 rings (SSSR count). The third kappa shape index (κ3) is 3.94. The van der Waals surface area contributed by atoms with Gasteiger partial charge in [0.25, 0.3) is 5.91 Å². The molecule has 2 N–H and O–H groups in total. The monoisotopic (exact) mass is 443 g/mol. The maximum atomic E-state index is 13.2. The van der Waals surface area contributed by atoms with Crippen LogP contribution < -0.4 is 10.5 Å². The summed E-state index contributed by atoms with van der Waals surface area (Å²) in [4.78, 5) is 31.1. The standard InChI is InChI=1S/C25H21N3O3S/c26-23(29)16-7-11-18(12-8-16)31-19-13-9-17(10-14-19)25(30)28-15-3-5-21(28)24-27-20-4-1-2-6-22(20)32-24/h1-2,4,6-14,21H,3,5,15H2,(H2,26,29). The number of hydrogen-bond acceptors (Lipinski definition) is 5. The summed E-state index contributed by atoms with van der Waals surface area (Å²) in [5.74, 6) is 0.719. The number of fused-ring (bicyclic) bond motifs is 1. The number of likely N-dealkylation sites (tertiary alicyclic amines) is 1. The van der Waals surface area contributed by atoms with E-state index >= 15 is 0 Å². The van der Waals surface area contributed by atoms with Crippen LogP contribution in [0, 0.1) is 0 Å². The summed E-state index contributed by atoms with van der Waals surface area (Å²) in [7, 11) is 0. The van der Waals surface area contributed by atoms with E-state index in [0.29, 0.717) is 22.6 Å². The van der Waals surface area contributed by atoms with Gasteiger partial charge >= 0.3 is 0 Å². The van der Waals surface area contributed by atoms with Crippen molar-refractivity contribution in [2.24, 2.45) is 5.73 Å². The number of rotatable bonds is 5. The fourth-order valence-corrected chi connectivity index (χ4v) is 5.07. The van der Waals surface area contributed by atoms with E-state index < -0.39 is 5.91 Å². The molecule has 1 aromatic heterocycles. The number of thiazole rings is 1. The fraction of sp³-hybridized carbons (Fsp3) is 0.160. The fourth-order valence-electron chi connectivity index (χ4n) is 3.95. The van der Waals surface area contributed by atoms with Crippen LogP contribution in [0.3, 0.4) is 0 Å². The Labute approximate surface area is 189 Å². The number of primary amides is 1. The first kappa shape index (κ1) is 20.2. The smallest absolute Gasteiger partial charge is 0.254 e. The van der Waals surface area contributed by atoms with Crippen molar-refractivity contribution >= 4 is 33.4 Å². The summed E-state index contributed by atoms with van der Waals surface area (Å²) in [6.07, 6.45) is 1.89. The van der Waals surface area contributed by atoms with Crippen molar-refractivity contribution in [1.82, 2.24) is 9.88 Å². The van der Waals surface area contributed by atoms with Gasteiger partial charge in [0, 0.05) is 17.7 Å². The molecule has 0 radical (unpaired) electrons. The highest BCUT2D eigenvalue weighted by Crippen LogP contribution is 2.37. The van der Waals surface area contributed by atoms with Gasteiger partial charge in [0.05, 0.1) is 16.3 Å². The first-order valence-corrected chi connectivity index (χ1v) is 11.2. The zero-order chi connectivity index (χ0) is 22.1. The molecular weight excluding hydrogens is 422 g/mol. The second kappa shape index (κ2) is 8.43. The van der Waals surface area contributed by atoms with Crippen LogP contribution in [-0.2, 0) is 0 Å². The van der Waals surface area contributed by atoms with E-state index in [0.717, 1.165) is 34.6 Å². The van der Waals surface area contributed by atoms with Crippen LogP contribution in [0.15, 0.2) is 72.8 Å². The number of carbonyl (C=O) groups is 2. The van der Waals surface area contributed by atoms with Gasteiger partial charge in [-0.25, -0.2) is 4.98 Å². The van der Waals surface area contributed by atoms with Gasteiger partial charge in [0.15, 0.2) is 0 Å². The van der Waals surface area contributed by atoms with Crippen LogP contribution in [0.5, 0.6) is 11.5 Å². The number of amides is 2. The van der Waals surface area contributed by atoms with Crippen molar-refractivity contribution < 1.29 is 14.3 Å². The third-order valence-corrected chi connectivity index (χ3v) is 6.72.